The maximum absolute atomic E-state index is 13.7. The number of aromatic nitrogens is 1. The van der Waals surface area contributed by atoms with Crippen LogP contribution >= 0.6 is 22.9 Å². The van der Waals surface area contributed by atoms with Gasteiger partial charge in [-0.25, -0.2) is 13.4 Å². The molecule has 0 radical (unpaired) electrons. The van der Waals surface area contributed by atoms with Crippen molar-refractivity contribution in [2.24, 2.45) is 0 Å². The Kier molecular flexibility index (Phi) is 7.39. The Hall–Kier alpha value is -2.78. The Morgan fingerprint density at radius 2 is 1.61 bits per heavy atom. The fraction of sp³-hybridized carbons (Fsp3) is 0.259. The van der Waals surface area contributed by atoms with Gasteiger partial charge in [-0.05, 0) is 54.8 Å². The molecule has 9 heteroatoms. The van der Waals surface area contributed by atoms with E-state index in [-0.39, 0.29) is 10.8 Å². The molecule has 4 aromatic rings. The predicted octanol–water partition coefficient (Wildman–Crippen LogP) is 6.36. The van der Waals surface area contributed by atoms with E-state index in [0.717, 1.165) is 35.9 Å². The van der Waals surface area contributed by atoms with Crippen molar-refractivity contribution in [3.63, 3.8) is 0 Å². The summed E-state index contributed by atoms with van der Waals surface area (Å²) in [6.45, 7) is 1.40. The summed E-state index contributed by atoms with van der Waals surface area (Å²) in [4.78, 5) is 20.2. The van der Waals surface area contributed by atoms with Gasteiger partial charge < -0.3 is 0 Å². The fourth-order valence-electron chi connectivity index (χ4n) is 4.37. The van der Waals surface area contributed by atoms with Gasteiger partial charge in [0.05, 0.1) is 21.2 Å². The zero-order valence-corrected chi connectivity index (χ0v) is 22.0. The van der Waals surface area contributed by atoms with E-state index in [1.165, 1.54) is 23.5 Å². The summed E-state index contributed by atoms with van der Waals surface area (Å²) in [7, 11) is -3.59. The average Bonchev–Trinajstić information content (AvgIpc) is 3.14. The molecule has 186 valence electrons. The first-order chi connectivity index (χ1) is 17.4. The first kappa shape index (κ1) is 24.9. The molecule has 1 amide bonds. The maximum Gasteiger partial charge on any atom is 0.260 e. The molecule has 0 bridgehead atoms. The molecule has 1 aromatic heterocycles. The normalized spacial score (nSPS) is 15.0. The Balaban J connectivity index is 1.46. The van der Waals surface area contributed by atoms with Crippen molar-refractivity contribution in [1.29, 1.82) is 0 Å². The molecular formula is C27H26ClN3O3S2. The van der Waals surface area contributed by atoms with Crippen LogP contribution in [-0.2, 0) is 16.6 Å². The van der Waals surface area contributed by atoms with Gasteiger partial charge in [0.15, 0.2) is 5.13 Å². The quantitative estimate of drug-likeness (QED) is 0.286. The second kappa shape index (κ2) is 10.7. The maximum atomic E-state index is 13.7. The molecular weight excluding hydrogens is 514 g/mol. The van der Waals surface area contributed by atoms with Crippen LogP contribution in [-0.4, -0.2) is 36.7 Å². The first-order valence-electron chi connectivity index (χ1n) is 11.9. The van der Waals surface area contributed by atoms with Gasteiger partial charge in [-0.3, -0.25) is 9.69 Å². The molecule has 0 unspecified atom stereocenters. The highest BCUT2D eigenvalue weighted by Crippen LogP contribution is 2.34. The number of nitrogens with zero attached hydrogens (tertiary/aromatic N) is 3. The number of sulfonamides is 1. The zero-order valence-electron chi connectivity index (χ0n) is 19.6. The molecule has 5 rings (SSSR count). The molecule has 1 aliphatic heterocycles. The van der Waals surface area contributed by atoms with E-state index < -0.39 is 10.0 Å². The molecule has 0 atom stereocenters. The minimum absolute atomic E-state index is 0.210. The van der Waals surface area contributed by atoms with Crippen LogP contribution in [0.4, 0.5) is 5.13 Å². The summed E-state index contributed by atoms with van der Waals surface area (Å²) in [5.41, 5.74) is 2.01. The molecule has 0 N–H and O–H groups in total. The Morgan fingerprint density at radius 1 is 0.917 bits per heavy atom. The van der Waals surface area contributed by atoms with Crippen LogP contribution in [0.5, 0.6) is 0 Å². The van der Waals surface area contributed by atoms with Gasteiger partial charge in [-0.1, -0.05) is 72.2 Å². The summed E-state index contributed by atoms with van der Waals surface area (Å²) >= 11 is 7.74. The highest BCUT2D eigenvalue weighted by molar-refractivity contribution is 7.89. The van der Waals surface area contributed by atoms with Crippen LogP contribution in [0.2, 0.25) is 5.02 Å². The van der Waals surface area contributed by atoms with Gasteiger partial charge in [0.25, 0.3) is 5.91 Å². The van der Waals surface area contributed by atoms with Crippen molar-refractivity contribution < 1.29 is 13.2 Å². The van der Waals surface area contributed by atoms with Crippen LogP contribution in [0.15, 0.2) is 77.7 Å². The second-order valence-corrected chi connectivity index (χ2v) is 12.2. The van der Waals surface area contributed by atoms with Crippen LogP contribution in [0, 0.1) is 0 Å². The van der Waals surface area contributed by atoms with Crippen molar-refractivity contribution >= 4 is 54.2 Å². The van der Waals surface area contributed by atoms with E-state index in [1.54, 1.807) is 27.4 Å². The minimum atomic E-state index is -3.59. The third-order valence-corrected chi connectivity index (χ3v) is 9.58. The Bertz CT molecular complexity index is 1460. The van der Waals surface area contributed by atoms with Gasteiger partial charge in [0.1, 0.15) is 5.52 Å². The van der Waals surface area contributed by atoms with E-state index in [0.29, 0.717) is 40.9 Å². The molecule has 3 aromatic carbocycles. The molecule has 0 spiro atoms. The largest absolute Gasteiger partial charge is 0.279 e. The Morgan fingerprint density at radius 3 is 2.28 bits per heavy atom. The lowest BCUT2D eigenvalue weighted by atomic mass is 10.1. The van der Waals surface area contributed by atoms with E-state index in [2.05, 4.69) is 4.98 Å². The summed E-state index contributed by atoms with van der Waals surface area (Å²) < 4.78 is 28.8. The zero-order chi connectivity index (χ0) is 25.1. The highest BCUT2D eigenvalue weighted by Gasteiger charge is 2.27. The molecule has 1 fully saturated rings. The topological polar surface area (TPSA) is 70.6 Å². The van der Waals surface area contributed by atoms with E-state index in [4.69, 9.17) is 11.6 Å². The lowest BCUT2D eigenvalue weighted by Crippen LogP contribution is -2.32. The Labute approximate surface area is 220 Å². The third kappa shape index (κ3) is 5.18. The number of amides is 1. The van der Waals surface area contributed by atoms with E-state index in [1.807, 2.05) is 42.5 Å². The number of carbonyl (C=O) groups is 1. The highest BCUT2D eigenvalue weighted by atomic mass is 35.5. The summed E-state index contributed by atoms with van der Waals surface area (Å²) in [5, 5.41) is 1.07. The molecule has 1 aliphatic rings. The second-order valence-electron chi connectivity index (χ2n) is 8.80. The number of hydrogen-bond acceptors (Lipinski definition) is 5. The number of halogens is 1. The van der Waals surface area contributed by atoms with Gasteiger partial charge in [0.2, 0.25) is 10.0 Å². The van der Waals surface area contributed by atoms with Crippen LogP contribution in [0.25, 0.3) is 10.2 Å². The van der Waals surface area contributed by atoms with E-state index in [9.17, 15) is 13.2 Å². The summed E-state index contributed by atoms with van der Waals surface area (Å²) in [6, 6.07) is 21.5. The van der Waals surface area contributed by atoms with Crippen molar-refractivity contribution in [2.45, 2.75) is 37.1 Å². The lowest BCUT2D eigenvalue weighted by Gasteiger charge is -2.21. The van der Waals surface area contributed by atoms with Crippen molar-refractivity contribution in [3.8, 4) is 0 Å². The number of benzene rings is 3. The van der Waals surface area contributed by atoms with Crippen LogP contribution in [0.1, 0.15) is 41.6 Å². The molecule has 0 aliphatic carbocycles. The van der Waals surface area contributed by atoms with Gasteiger partial charge in [-0.2, -0.15) is 4.31 Å². The van der Waals surface area contributed by atoms with Crippen molar-refractivity contribution in [2.75, 3.05) is 18.0 Å². The number of anilines is 1. The average molecular weight is 540 g/mol. The summed E-state index contributed by atoms with van der Waals surface area (Å²) in [6.07, 6.45) is 3.84. The summed E-state index contributed by atoms with van der Waals surface area (Å²) in [5.74, 6) is -0.257. The lowest BCUT2D eigenvalue weighted by molar-refractivity contribution is 0.0985. The number of rotatable bonds is 6. The third-order valence-electron chi connectivity index (χ3n) is 6.32. The SMILES string of the molecule is O=C(c1ccc(S(=O)(=O)N2CCCCCC2)cc1)N(Cc1ccccc1)c1nc2c(Cl)cccc2s1. The van der Waals surface area contributed by atoms with Crippen LogP contribution < -0.4 is 4.90 Å². The number of hydrogen-bond donors (Lipinski definition) is 0. The van der Waals surface area contributed by atoms with Gasteiger partial charge >= 0.3 is 0 Å². The smallest absolute Gasteiger partial charge is 0.260 e. The van der Waals surface area contributed by atoms with Crippen LogP contribution in [0.3, 0.4) is 0 Å². The molecule has 36 heavy (non-hydrogen) atoms. The number of fused-ring (bicyclic) bond motifs is 1. The minimum Gasteiger partial charge on any atom is -0.279 e. The monoisotopic (exact) mass is 539 g/mol. The van der Waals surface area contributed by atoms with Crippen molar-refractivity contribution in [1.82, 2.24) is 9.29 Å². The predicted molar refractivity (Wildman–Crippen MR) is 145 cm³/mol. The molecule has 1 saturated heterocycles. The van der Waals surface area contributed by atoms with Gasteiger partial charge in [-0.15, -0.1) is 0 Å². The first-order valence-corrected chi connectivity index (χ1v) is 14.6. The van der Waals surface area contributed by atoms with E-state index >= 15 is 0 Å². The number of thiazole rings is 1. The van der Waals surface area contributed by atoms with Gasteiger partial charge in [0, 0.05) is 18.7 Å². The van der Waals surface area contributed by atoms with Crippen molar-refractivity contribution in [3.05, 3.63) is 88.9 Å². The fourth-order valence-corrected chi connectivity index (χ4v) is 7.15. The number of carbonyl (C=O) groups excluding carboxylic acids is 1. The molecule has 2 heterocycles. The standard InChI is InChI=1S/C27H26ClN3O3S2/c28-23-11-8-12-24-25(23)29-27(35-24)31(19-20-9-4-3-5-10-20)26(32)21-13-15-22(16-14-21)36(33,34)30-17-6-1-2-7-18-30/h3-5,8-16H,1-2,6-7,17-19H2. The number of para-hydroxylation sites is 1. The molecule has 0 saturated carbocycles. The molecule has 6 nitrogen and oxygen atoms in total.